The first-order valence-corrected chi connectivity index (χ1v) is 9.31. The third-order valence-corrected chi connectivity index (χ3v) is 4.71. The van der Waals surface area contributed by atoms with Crippen molar-refractivity contribution in [2.24, 2.45) is 0 Å². The second-order valence-corrected chi connectivity index (χ2v) is 7.28. The lowest BCUT2D eigenvalue weighted by Gasteiger charge is -2.12. The summed E-state index contributed by atoms with van der Waals surface area (Å²) in [5.41, 5.74) is -0.480. The fraction of sp³-hybridized carbons (Fsp3) is 0.105. The van der Waals surface area contributed by atoms with Gasteiger partial charge in [-0.3, -0.25) is 9.59 Å². The standard InChI is InChI=1S/C19H12BrClF3N3O2/c20-12-3-1-11(2-4-12)16-7-8-18(29)27(26-16)10-17(28)25-13-5-6-15(21)14(9-13)19(22,23)24/h1-9H,10H2,(H,25,28). The highest BCUT2D eigenvalue weighted by atomic mass is 79.9. The lowest BCUT2D eigenvalue weighted by molar-refractivity contribution is -0.137. The number of nitrogens with one attached hydrogen (secondary N) is 1. The molecule has 0 spiro atoms. The number of halogens is 5. The zero-order chi connectivity index (χ0) is 21.2. The number of anilines is 1. The van der Waals surface area contributed by atoms with Crippen molar-refractivity contribution in [1.82, 2.24) is 9.78 Å². The van der Waals surface area contributed by atoms with Gasteiger partial charge < -0.3 is 5.32 Å². The van der Waals surface area contributed by atoms with E-state index in [1.165, 1.54) is 18.2 Å². The molecular formula is C19H12BrClF3N3O2. The van der Waals surface area contributed by atoms with Crippen molar-refractivity contribution in [3.63, 3.8) is 0 Å². The molecule has 0 aliphatic carbocycles. The van der Waals surface area contributed by atoms with Crippen LogP contribution in [0, 0.1) is 0 Å². The molecule has 0 aliphatic rings. The van der Waals surface area contributed by atoms with Crippen molar-refractivity contribution in [2.75, 3.05) is 5.32 Å². The minimum absolute atomic E-state index is 0.0937. The van der Waals surface area contributed by atoms with Gasteiger partial charge in [-0.1, -0.05) is 39.7 Å². The first-order chi connectivity index (χ1) is 13.6. The Hall–Kier alpha value is -2.65. The molecule has 0 bridgehead atoms. The van der Waals surface area contributed by atoms with E-state index in [2.05, 4.69) is 26.3 Å². The Morgan fingerprint density at radius 3 is 2.45 bits per heavy atom. The molecule has 1 heterocycles. The Morgan fingerprint density at radius 2 is 1.79 bits per heavy atom. The zero-order valence-corrected chi connectivity index (χ0v) is 16.8. The quantitative estimate of drug-likeness (QED) is 0.565. The Balaban J connectivity index is 1.80. The van der Waals surface area contributed by atoms with Crippen LogP contribution in [-0.2, 0) is 17.5 Å². The van der Waals surface area contributed by atoms with Gasteiger partial charge in [0.2, 0.25) is 5.91 Å². The van der Waals surface area contributed by atoms with Gasteiger partial charge in [0, 0.05) is 21.8 Å². The van der Waals surface area contributed by atoms with Crippen LogP contribution in [-0.4, -0.2) is 15.7 Å². The monoisotopic (exact) mass is 485 g/mol. The zero-order valence-electron chi connectivity index (χ0n) is 14.5. The fourth-order valence-corrected chi connectivity index (χ4v) is 2.98. The number of nitrogens with zero attached hydrogens (tertiary/aromatic N) is 2. The molecule has 1 amide bonds. The van der Waals surface area contributed by atoms with Gasteiger partial charge in [0.15, 0.2) is 0 Å². The fourth-order valence-electron chi connectivity index (χ4n) is 2.49. The van der Waals surface area contributed by atoms with Gasteiger partial charge in [0.05, 0.1) is 16.3 Å². The number of rotatable bonds is 4. The molecule has 0 aliphatic heterocycles. The van der Waals surface area contributed by atoms with Crippen LogP contribution in [0.5, 0.6) is 0 Å². The molecule has 0 radical (unpaired) electrons. The van der Waals surface area contributed by atoms with Gasteiger partial charge in [-0.25, -0.2) is 4.68 Å². The smallest absolute Gasteiger partial charge is 0.324 e. The topological polar surface area (TPSA) is 64.0 Å². The van der Waals surface area contributed by atoms with E-state index in [9.17, 15) is 22.8 Å². The highest BCUT2D eigenvalue weighted by Gasteiger charge is 2.33. The summed E-state index contributed by atoms with van der Waals surface area (Å²) < 4.78 is 40.6. The number of hydrogen-bond donors (Lipinski definition) is 1. The van der Waals surface area contributed by atoms with Crippen LogP contribution in [0.15, 0.2) is 63.9 Å². The van der Waals surface area contributed by atoms with E-state index in [0.29, 0.717) is 5.69 Å². The Labute approximate surface area is 176 Å². The third-order valence-electron chi connectivity index (χ3n) is 3.86. The molecule has 1 aromatic heterocycles. The molecule has 0 saturated carbocycles. The normalized spacial score (nSPS) is 11.3. The van der Waals surface area contributed by atoms with E-state index in [1.54, 1.807) is 24.3 Å². The maximum Gasteiger partial charge on any atom is 0.417 e. The molecule has 29 heavy (non-hydrogen) atoms. The molecule has 5 nitrogen and oxygen atoms in total. The van der Waals surface area contributed by atoms with Crippen LogP contribution >= 0.6 is 27.5 Å². The summed E-state index contributed by atoms with van der Waals surface area (Å²) in [7, 11) is 0. The van der Waals surface area contributed by atoms with Gasteiger partial charge >= 0.3 is 6.18 Å². The van der Waals surface area contributed by atoms with E-state index in [0.717, 1.165) is 26.9 Å². The molecule has 10 heteroatoms. The van der Waals surface area contributed by atoms with E-state index in [-0.39, 0.29) is 5.69 Å². The van der Waals surface area contributed by atoms with Gasteiger partial charge in [0.1, 0.15) is 6.54 Å². The number of alkyl halides is 3. The third kappa shape index (κ3) is 5.24. The molecular weight excluding hydrogens is 475 g/mol. The first kappa shape index (κ1) is 21.1. The molecule has 3 aromatic rings. The van der Waals surface area contributed by atoms with Crippen LogP contribution in [0.4, 0.5) is 18.9 Å². The number of amides is 1. The minimum atomic E-state index is -4.66. The molecule has 0 saturated heterocycles. The predicted molar refractivity (Wildman–Crippen MR) is 107 cm³/mol. The van der Waals surface area contributed by atoms with E-state index < -0.39 is 34.8 Å². The Kier molecular flexibility index (Phi) is 6.09. The minimum Gasteiger partial charge on any atom is -0.324 e. The second kappa shape index (κ2) is 8.38. The maximum atomic E-state index is 12.9. The van der Waals surface area contributed by atoms with Crippen molar-refractivity contribution in [3.05, 3.63) is 80.0 Å². The van der Waals surface area contributed by atoms with Crippen molar-refractivity contribution in [3.8, 4) is 11.3 Å². The number of carbonyl (C=O) groups is 1. The average Bonchev–Trinajstić information content (AvgIpc) is 2.65. The van der Waals surface area contributed by atoms with Crippen molar-refractivity contribution < 1.29 is 18.0 Å². The number of hydrogen-bond acceptors (Lipinski definition) is 3. The van der Waals surface area contributed by atoms with E-state index in [1.807, 2.05) is 0 Å². The summed E-state index contributed by atoms with van der Waals surface area (Å²) in [5.74, 6) is -0.706. The SMILES string of the molecule is O=C(Cn1nc(-c2ccc(Br)cc2)ccc1=O)Nc1ccc(Cl)c(C(F)(F)F)c1. The summed E-state index contributed by atoms with van der Waals surface area (Å²) in [6, 6.07) is 13.0. The number of aromatic nitrogens is 2. The van der Waals surface area contributed by atoms with Gasteiger partial charge in [-0.05, 0) is 36.4 Å². The summed E-state index contributed by atoms with van der Waals surface area (Å²) in [6.45, 7) is -0.465. The molecule has 150 valence electrons. The lowest BCUT2D eigenvalue weighted by atomic mass is 10.1. The largest absolute Gasteiger partial charge is 0.417 e. The van der Waals surface area contributed by atoms with Crippen molar-refractivity contribution >= 4 is 39.1 Å². The van der Waals surface area contributed by atoms with Crippen LogP contribution < -0.4 is 10.9 Å². The van der Waals surface area contributed by atoms with Crippen molar-refractivity contribution in [2.45, 2.75) is 12.7 Å². The molecule has 3 rings (SSSR count). The molecule has 0 atom stereocenters. The maximum absolute atomic E-state index is 12.9. The van der Waals surface area contributed by atoms with Crippen LogP contribution in [0.2, 0.25) is 5.02 Å². The Morgan fingerprint density at radius 1 is 1.10 bits per heavy atom. The number of carbonyl (C=O) groups excluding carboxylic acids is 1. The number of benzene rings is 2. The lowest BCUT2D eigenvalue weighted by Crippen LogP contribution is -2.29. The summed E-state index contributed by atoms with van der Waals surface area (Å²) in [5, 5.41) is 6.00. The first-order valence-electron chi connectivity index (χ1n) is 8.14. The highest BCUT2D eigenvalue weighted by molar-refractivity contribution is 9.10. The Bertz CT molecular complexity index is 1110. The molecule has 2 aromatic carbocycles. The van der Waals surface area contributed by atoms with Gasteiger partial charge in [-0.2, -0.15) is 18.3 Å². The van der Waals surface area contributed by atoms with Crippen LogP contribution in [0.25, 0.3) is 11.3 Å². The van der Waals surface area contributed by atoms with Crippen LogP contribution in [0.1, 0.15) is 5.56 Å². The van der Waals surface area contributed by atoms with Crippen molar-refractivity contribution in [1.29, 1.82) is 0 Å². The molecule has 0 unspecified atom stereocenters. The van der Waals surface area contributed by atoms with E-state index >= 15 is 0 Å². The summed E-state index contributed by atoms with van der Waals surface area (Å²) in [4.78, 5) is 24.3. The van der Waals surface area contributed by atoms with Gasteiger partial charge in [0.25, 0.3) is 5.56 Å². The summed E-state index contributed by atoms with van der Waals surface area (Å²) >= 11 is 8.89. The summed E-state index contributed by atoms with van der Waals surface area (Å²) in [6.07, 6.45) is -4.66. The predicted octanol–water partition coefficient (Wildman–Crippen LogP) is 4.98. The molecule has 0 fully saturated rings. The highest BCUT2D eigenvalue weighted by Crippen LogP contribution is 2.36. The van der Waals surface area contributed by atoms with Gasteiger partial charge in [-0.15, -0.1) is 0 Å². The van der Waals surface area contributed by atoms with Crippen LogP contribution in [0.3, 0.4) is 0 Å². The molecule has 1 N–H and O–H groups in total. The average molecular weight is 487 g/mol. The second-order valence-electron chi connectivity index (χ2n) is 5.96. The van der Waals surface area contributed by atoms with E-state index in [4.69, 9.17) is 11.6 Å².